The molecule has 0 saturated carbocycles. The number of carbonyl (C=O) groups is 1. The molecule has 9 aromatic rings. The number of rotatable bonds is 11. The molecule has 2 aromatic heterocycles. The zero-order valence-electron chi connectivity index (χ0n) is 42.6. The molecule has 0 radical (unpaired) electrons. The largest absolute Gasteiger partial charge is 3.00 e. The third kappa shape index (κ3) is 11.4. The summed E-state index contributed by atoms with van der Waals surface area (Å²) in [5.41, 5.74) is 14.9. The normalized spacial score (nSPS) is 13.3. The molecule has 3 heterocycles. The summed E-state index contributed by atoms with van der Waals surface area (Å²) < 4.78 is 6.70. The minimum absolute atomic E-state index is 0. The first-order valence-corrected chi connectivity index (χ1v) is 28.2. The number of aromatic carboxylic acids is 1. The van der Waals surface area contributed by atoms with Gasteiger partial charge in [-0.2, -0.15) is 0 Å². The van der Waals surface area contributed by atoms with Crippen molar-refractivity contribution >= 4 is 58.9 Å². The monoisotopic (exact) mass is 1150 g/mol. The van der Waals surface area contributed by atoms with E-state index in [4.69, 9.17) is 14.5 Å². The predicted molar refractivity (Wildman–Crippen MR) is 302 cm³/mol. The van der Waals surface area contributed by atoms with E-state index in [0.717, 1.165) is 66.8 Å². The summed E-state index contributed by atoms with van der Waals surface area (Å²) >= 11 is 0. The Morgan fingerprint density at radius 3 is 2.01 bits per heavy atom. The number of aryl methyl sites for hydroxylation is 1. The van der Waals surface area contributed by atoms with Crippen LogP contribution in [0.3, 0.4) is 0 Å². The summed E-state index contributed by atoms with van der Waals surface area (Å²) in [6.45, 7) is 17.8. The summed E-state index contributed by atoms with van der Waals surface area (Å²) in [6.07, 6.45) is 6.49. The van der Waals surface area contributed by atoms with Crippen LogP contribution in [0.2, 0.25) is 19.6 Å². The second kappa shape index (κ2) is 22.2. The van der Waals surface area contributed by atoms with Crippen LogP contribution in [0.4, 0.5) is 5.69 Å². The van der Waals surface area contributed by atoms with Crippen molar-refractivity contribution in [1.82, 2.24) is 4.98 Å². The predicted octanol–water partition coefficient (Wildman–Crippen LogP) is 16.0. The summed E-state index contributed by atoms with van der Waals surface area (Å²) in [5, 5.41) is 25.0. The van der Waals surface area contributed by atoms with Crippen LogP contribution in [0, 0.1) is 19.1 Å². The van der Waals surface area contributed by atoms with E-state index in [1.807, 2.05) is 47.8 Å². The zero-order chi connectivity index (χ0) is 50.7. The van der Waals surface area contributed by atoms with E-state index in [-0.39, 0.29) is 49.3 Å². The second-order valence-corrected chi connectivity index (χ2v) is 25.3. The maximum absolute atomic E-state index is 12.9. The SMILES string of the molecule is C[Si](C)(C)c1ccc(-c2[c-]cc(C(=O)O)cc2)nc1.Cc1ccc(-c2ccc3c(c2)oc2c(C(=[N-])N(C4=CN=CC(c5ccccc5)C4)c4c(C(C)C)cc(-c5ccccc5)cc4C(C)C)[c-]ccc23)cc1.[Ir+3]. The number of furan rings is 1. The van der Waals surface area contributed by atoms with Gasteiger partial charge < -0.3 is 24.8 Å². The number of benzene rings is 7. The van der Waals surface area contributed by atoms with Crippen molar-refractivity contribution in [1.29, 1.82) is 0 Å². The van der Waals surface area contributed by atoms with E-state index in [0.29, 0.717) is 17.6 Å². The number of nitrogens with zero attached hydrogens (tertiary/aromatic N) is 4. The van der Waals surface area contributed by atoms with Crippen LogP contribution in [0.25, 0.3) is 60.9 Å². The minimum Gasteiger partial charge on any atom is -0.520 e. The molecule has 366 valence electrons. The Bertz CT molecular complexity index is 3440. The molecule has 7 nitrogen and oxygen atoms in total. The molecule has 10 rings (SSSR count). The number of fused-ring (bicyclic) bond motifs is 3. The Morgan fingerprint density at radius 2 is 1.41 bits per heavy atom. The van der Waals surface area contributed by atoms with Gasteiger partial charge in [-0.1, -0.05) is 180 Å². The van der Waals surface area contributed by atoms with Gasteiger partial charge >= 0.3 is 20.1 Å². The van der Waals surface area contributed by atoms with E-state index < -0.39 is 14.0 Å². The van der Waals surface area contributed by atoms with E-state index >= 15 is 0 Å². The molecular weight excluding hydrogens is 1090 g/mol. The van der Waals surface area contributed by atoms with Gasteiger partial charge in [-0.05, 0) is 98.0 Å². The van der Waals surface area contributed by atoms with Crippen molar-refractivity contribution in [2.75, 3.05) is 4.90 Å². The van der Waals surface area contributed by atoms with Crippen LogP contribution >= 0.6 is 0 Å². The van der Waals surface area contributed by atoms with Crippen LogP contribution in [-0.4, -0.2) is 36.2 Å². The number of aliphatic imine (C=N–C) groups is 1. The smallest absolute Gasteiger partial charge is 0.520 e. The van der Waals surface area contributed by atoms with E-state index in [1.165, 1.54) is 27.9 Å². The summed E-state index contributed by atoms with van der Waals surface area (Å²) in [4.78, 5) is 22.1. The number of allylic oxidation sites excluding steroid dienone is 1. The molecule has 0 amide bonds. The van der Waals surface area contributed by atoms with Gasteiger partial charge in [0.2, 0.25) is 0 Å². The summed E-state index contributed by atoms with van der Waals surface area (Å²) in [6, 6.07) is 59.6. The number of carboxylic acid groups (broad SMARTS) is 1. The second-order valence-electron chi connectivity index (χ2n) is 20.2. The molecule has 0 fully saturated rings. The third-order valence-electron chi connectivity index (χ3n) is 13.4. The topological polar surface area (TPSA) is 101 Å². The maximum Gasteiger partial charge on any atom is 3.00 e. The van der Waals surface area contributed by atoms with Crippen LogP contribution in [0.5, 0.6) is 0 Å². The number of hydrogen-bond donors (Lipinski definition) is 1. The molecular formula is C64H59IrN4O3Si. The first-order valence-electron chi connectivity index (χ1n) is 24.7. The van der Waals surface area contributed by atoms with E-state index in [2.05, 4.69) is 187 Å². The number of carboxylic acids is 1. The quantitative estimate of drug-likeness (QED) is 0.0602. The number of hydrogen-bond acceptors (Lipinski definition) is 4. The molecule has 73 heavy (non-hydrogen) atoms. The molecule has 1 N–H and O–H groups in total. The van der Waals surface area contributed by atoms with Crippen LogP contribution in [-0.2, 0) is 20.1 Å². The van der Waals surface area contributed by atoms with Gasteiger partial charge in [-0.15, -0.1) is 59.4 Å². The van der Waals surface area contributed by atoms with Crippen molar-refractivity contribution < 1.29 is 34.4 Å². The van der Waals surface area contributed by atoms with Crippen LogP contribution < -0.4 is 10.1 Å². The average molecular weight is 1150 g/mol. The molecule has 7 aromatic carbocycles. The fourth-order valence-corrected chi connectivity index (χ4v) is 10.3. The van der Waals surface area contributed by atoms with Crippen molar-refractivity contribution in [3.63, 3.8) is 0 Å². The molecule has 9 heteroatoms. The first kappa shape index (κ1) is 52.0. The summed E-state index contributed by atoms with van der Waals surface area (Å²) in [5.74, 6) is -0.508. The molecule has 0 spiro atoms. The third-order valence-corrected chi connectivity index (χ3v) is 15.4. The van der Waals surface area contributed by atoms with Crippen molar-refractivity contribution in [3.05, 3.63) is 227 Å². The molecule has 0 aliphatic carbocycles. The Kier molecular flexibility index (Phi) is 15.8. The number of amidine groups is 1. The van der Waals surface area contributed by atoms with Crippen LogP contribution in [0.1, 0.15) is 90.0 Å². The maximum atomic E-state index is 12.9. The molecule has 0 bridgehead atoms. The Balaban J connectivity index is 0.000000300. The molecule has 1 aliphatic rings. The van der Waals surface area contributed by atoms with Gasteiger partial charge in [-0.25, -0.2) is 0 Å². The fraction of sp³-hybridized carbons (Fsp3) is 0.188. The molecule has 1 unspecified atom stereocenters. The zero-order valence-corrected chi connectivity index (χ0v) is 46.0. The van der Waals surface area contributed by atoms with Gasteiger partial charge in [-0.3, -0.25) is 9.79 Å². The number of aromatic nitrogens is 1. The number of pyridine rings is 1. The van der Waals surface area contributed by atoms with Crippen molar-refractivity contribution in [2.45, 2.75) is 78.4 Å². The number of anilines is 1. The summed E-state index contributed by atoms with van der Waals surface area (Å²) in [7, 11) is -1.33. The Labute approximate surface area is 444 Å². The molecule has 1 aliphatic heterocycles. The first-order chi connectivity index (χ1) is 34.6. The van der Waals surface area contributed by atoms with Gasteiger partial charge in [0.25, 0.3) is 5.97 Å². The Hall–Kier alpha value is -7.29. The molecule has 0 saturated heterocycles. The molecule has 1 atom stereocenters. The van der Waals surface area contributed by atoms with Gasteiger partial charge in [0.05, 0.1) is 8.07 Å². The standard InChI is InChI=1S/C49H43N3O.C15H16NO2Si.Ir/c1-31(2)44-26-38(34-13-8-6-9-14-34)27-45(32(3)4)47(44)52(40-25-39(29-51-30-40)35-15-10-7-11-16-35)49(50)43-18-12-17-42-41-24-23-37(28-46(41)53-48(42)43)36-21-19-33(5)20-22-36;1-19(2,3)13-8-9-14(16-10-13)11-4-6-12(7-5-11)15(17)18;/h6-17,19-24,26-32,39H,25H2,1-5H3;4,6-10H,1-3H3,(H,17,18);/q-2;-1;+3. The van der Waals surface area contributed by atoms with Crippen molar-refractivity contribution in [3.8, 4) is 33.5 Å². The van der Waals surface area contributed by atoms with Gasteiger partial charge in [0, 0.05) is 35.5 Å². The average Bonchev–Trinajstić information content (AvgIpc) is 3.78. The van der Waals surface area contributed by atoms with Crippen molar-refractivity contribution in [2.24, 2.45) is 4.99 Å². The van der Waals surface area contributed by atoms with E-state index in [9.17, 15) is 10.2 Å². The Morgan fingerprint density at radius 1 is 0.753 bits per heavy atom. The van der Waals surface area contributed by atoms with Gasteiger partial charge in [0.1, 0.15) is 5.58 Å². The minimum atomic E-state index is -1.33. The van der Waals surface area contributed by atoms with E-state index in [1.54, 1.807) is 12.1 Å². The fourth-order valence-electron chi connectivity index (χ4n) is 9.28. The van der Waals surface area contributed by atoms with Crippen LogP contribution in [0.15, 0.2) is 185 Å². The van der Waals surface area contributed by atoms with Gasteiger partial charge in [0.15, 0.2) is 0 Å².